The van der Waals surface area contributed by atoms with Gasteiger partial charge in [-0.25, -0.2) is 4.79 Å². The molecule has 0 aliphatic rings. The smallest absolute Gasteiger partial charge is 0.337 e. The van der Waals surface area contributed by atoms with Crippen LogP contribution in [-0.2, 0) is 0 Å². The van der Waals surface area contributed by atoms with Crippen molar-refractivity contribution in [2.24, 2.45) is 0 Å². The van der Waals surface area contributed by atoms with Crippen LogP contribution in [0.15, 0.2) is 42.6 Å². The fraction of sp³-hybridized carbons (Fsp3) is 0.238. The fourth-order valence-corrected chi connectivity index (χ4v) is 3.29. The van der Waals surface area contributed by atoms with Crippen LogP contribution in [0.25, 0.3) is 5.52 Å². The van der Waals surface area contributed by atoms with Crippen molar-refractivity contribution < 1.29 is 29.6 Å². The Morgan fingerprint density at radius 2 is 2.00 bits per heavy atom. The molecule has 0 saturated carbocycles. The quantitative estimate of drug-likeness (QED) is 0.428. The van der Waals surface area contributed by atoms with Crippen molar-refractivity contribution in [2.75, 3.05) is 25.6 Å². The summed E-state index contributed by atoms with van der Waals surface area (Å²) in [4.78, 5) is 24.9. The van der Waals surface area contributed by atoms with Crippen LogP contribution in [0, 0.1) is 6.92 Å². The molecule has 0 spiro atoms. The van der Waals surface area contributed by atoms with Crippen molar-refractivity contribution >= 4 is 23.0 Å². The number of anilines is 1. The molecule has 0 amide bonds. The molecule has 2 heterocycles. The van der Waals surface area contributed by atoms with E-state index in [-0.39, 0.29) is 29.1 Å². The molecule has 0 radical (unpaired) electrons. The Morgan fingerprint density at radius 3 is 2.66 bits per heavy atom. The molecule has 0 aliphatic heterocycles. The number of fused-ring (bicyclic) bond motifs is 1. The molecule has 0 fully saturated rings. The molecule has 2 aromatic heterocycles. The normalized spacial score (nSPS) is 12.0. The molecule has 3 aromatic rings. The van der Waals surface area contributed by atoms with E-state index in [1.54, 1.807) is 23.6 Å². The van der Waals surface area contributed by atoms with E-state index in [1.165, 1.54) is 25.3 Å². The predicted molar refractivity (Wildman–Crippen MR) is 107 cm³/mol. The maximum Gasteiger partial charge on any atom is 0.337 e. The SMILES string of the molecule is COc1c(C)c(C(=O)c2ccc(NCC(O)CO)c(C(=O)O)c2)n2ccccc12. The highest BCUT2D eigenvalue weighted by Crippen LogP contribution is 2.32. The van der Waals surface area contributed by atoms with Crippen LogP contribution in [0.1, 0.15) is 32.0 Å². The number of methoxy groups -OCH3 is 1. The van der Waals surface area contributed by atoms with Crippen LogP contribution in [0.5, 0.6) is 5.75 Å². The van der Waals surface area contributed by atoms with Gasteiger partial charge in [-0.1, -0.05) is 6.07 Å². The van der Waals surface area contributed by atoms with Gasteiger partial charge in [0, 0.05) is 29.6 Å². The number of pyridine rings is 1. The largest absolute Gasteiger partial charge is 0.494 e. The number of ketones is 1. The second kappa shape index (κ2) is 8.34. The number of carboxylic acid groups (broad SMARTS) is 1. The summed E-state index contributed by atoms with van der Waals surface area (Å²) < 4.78 is 7.17. The topological polar surface area (TPSA) is 121 Å². The van der Waals surface area contributed by atoms with Gasteiger partial charge in [-0.15, -0.1) is 0 Å². The molecule has 3 rings (SSSR count). The molecule has 8 nitrogen and oxygen atoms in total. The lowest BCUT2D eigenvalue weighted by Crippen LogP contribution is -2.24. The molecule has 0 bridgehead atoms. The number of aliphatic hydroxyl groups excluding tert-OH is 2. The fourth-order valence-electron chi connectivity index (χ4n) is 3.29. The third-order valence-electron chi connectivity index (χ3n) is 4.70. The van der Waals surface area contributed by atoms with E-state index in [1.807, 2.05) is 12.1 Å². The number of hydrogen-bond donors (Lipinski definition) is 4. The van der Waals surface area contributed by atoms with Crippen LogP contribution in [0.3, 0.4) is 0 Å². The van der Waals surface area contributed by atoms with E-state index in [2.05, 4.69) is 5.32 Å². The Labute approximate surface area is 167 Å². The van der Waals surface area contributed by atoms with Crippen molar-refractivity contribution in [1.29, 1.82) is 0 Å². The third-order valence-corrected chi connectivity index (χ3v) is 4.70. The van der Waals surface area contributed by atoms with Gasteiger partial charge in [0.1, 0.15) is 11.4 Å². The van der Waals surface area contributed by atoms with Gasteiger partial charge in [-0.3, -0.25) is 4.79 Å². The molecule has 0 aliphatic carbocycles. The monoisotopic (exact) mass is 398 g/mol. The first-order valence-electron chi connectivity index (χ1n) is 8.97. The van der Waals surface area contributed by atoms with E-state index in [0.717, 1.165) is 5.52 Å². The summed E-state index contributed by atoms with van der Waals surface area (Å²) >= 11 is 0. The maximum absolute atomic E-state index is 13.2. The van der Waals surface area contributed by atoms with E-state index in [0.29, 0.717) is 17.0 Å². The lowest BCUT2D eigenvalue weighted by atomic mass is 10.0. The Bertz CT molecular complexity index is 1070. The number of ether oxygens (including phenoxy) is 1. The summed E-state index contributed by atoms with van der Waals surface area (Å²) in [6.45, 7) is 1.31. The van der Waals surface area contributed by atoms with Crippen LogP contribution in [0.4, 0.5) is 5.69 Å². The minimum atomic E-state index is -1.21. The van der Waals surface area contributed by atoms with Gasteiger partial charge in [0.2, 0.25) is 5.78 Å². The number of carboxylic acids is 1. The standard InChI is InChI=1S/C21H22N2O6/c1-12-18(23-8-4-3-5-17(23)20(12)29-2)19(26)13-6-7-16(15(9-13)21(27)28)22-10-14(25)11-24/h3-9,14,22,24-25H,10-11H2,1-2H3,(H,27,28). The summed E-state index contributed by atoms with van der Waals surface area (Å²) in [5, 5.41) is 30.7. The van der Waals surface area contributed by atoms with Gasteiger partial charge in [0.05, 0.1) is 30.9 Å². The zero-order valence-corrected chi connectivity index (χ0v) is 16.0. The zero-order chi connectivity index (χ0) is 21.1. The minimum Gasteiger partial charge on any atom is -0.494 e. The number of aliphatic hydroxyl groups is 2. The molecular formula is C21H22N2O6. The van der Waals surface area contributed by atoms with E-state index in [9.17, 15) is 19.8 Å². The van der Waals surface area contributed by atoms with Crippen LogP contribution >= 0.6 is 0 Å². The average molecular weight is 398 g/mol. The molecule has 29 heavy (non-hydrogen) atoms. The van der Waals surface area contributed by atoms with Gasteiger partial charge in [0.25, 0.3) is 0 Å². The van der Waals surface area contributed by atoms with Crippen LogP contribution in [0.2, 0.25) is 0 Å². The number of nitrogens with zero attached hydrogens (tertiary/aromatic N) is 1. The zero-order valence-electron chi connectivity index (χ0n) is 16.0. The van der Waals surface area contributed by atoms with Crippen molar-refractivity contribution in [3.05, 3.63) is 65.0 Å². The molecule has 1 aromatic carbocycles. The second-order valence-corrected chi connectivity index (χ2v) is 6.57. The second-order valence-electron chi connectivity index (χ2n) is 6.57. The van der Waals surface area contributed by atoms with Gasteiger partial charge >= 0.3 is 5.97 Å². The first-order chi connectivity index (χ1) is 13.9. The number of rotatable bonds is 8. The van der Waals surface area contributed by atoms with E-state index < -0.39 is 18.7 Å². The molecular weight excluding hydrogens is 376 g/mol. The van der Waals surface area contributed by atoms with Crippen molar-refractivity contribution in [2.45, 2.75) is 13.0 Å². The number of hydrogen-bond acceptors (Lipinski definition) is 6. The Kier molecular flexibility index (Phi) is 5.86. The minimum absolute atomic E-state index is 0.0241. The lowest BCUT2D eigenvalue weighted by molar-refractivity contribution is 0.0697. The third kappa shape index (κ3) is 3.80. The number of carbonyl (C=O) groups excluding carboxylic acids is 1. The highest BCUT2D eigenvalue weighted by Gasteiger charge is 2.23. The Morgan fingerprint density at radius 1 is 1.24 bits per heavy atom. The predicted octanol–water partition coefficient (Wildman–Crippen LogP) is 1.95. The van der Waals surface area contributed by atoms with Crippen molar-refractivity contribution in [3.8, 4) is 5.75 Å². The maximum atomic E-state index is 13.2. The summed E-state index contributed by atoms with van der Waals surface area (Å²) in [6, 6.07) is 9.78. The Balaban J connectivity index is 2.04. The molecule has 1 unspecified atom stereocenters. The van der Waals surface area contributed by atoms with Gasteiger partial charge < -0.3 is 29.8 Å². The lowest BCUT2D eigenvalue weighted by Gasteiger charge is -2.13. The number of carbonyl (C=O) groups is 2. The summed E-state index contributed by atoms with van der Waals surface area (Å²) in [5.41, 5.74) is 2.15. The van der Waals surface area contributed by atoms with Crippen LogP contribution in [-0.4, -0.2) is 57.8 Å². The highest BCUT2D eigenvalue weighted by atomic mass is 16.5. The highest BCUT2D eigenvalue weighted by molar-refractivity contribution is 6.12. The summed E-state index contributed by atoms with van der Waals surface area (Å²) in [6.07, 6.45) is 0.725. The van der Waals surface area contributed by atoms with Gasteiger partial charge in [-0.05, 0) is 37.3 Å². The molecule has 4 N–H and O–H groups in total. The van der Waals surface area contributed by atoms with Gasteiger partial charge in [-0.2, -0.15) is 0 Å². The van der Waals surface area contributed by atoms with E-state index >= 15 is 0 Å². The first kappa shape index (κ1) is 20.4. The van der Waals surface area contributed by atoms with Gasteiger partial charge in [0.15, 0.2) is 0 Å². The number of aromatic carboxylic acids is 1. The number of aromatic nitrogens is 1. The molecule has 152 valence electrons. The van der Waals surface area contributed by atoms with E-state index in [4.69, 9.17) is 9.84 Å². The first-order valence-corrected chi connectivity index (χ1v) is 8.97. The number of benzene rings is 1. The molecule has 0 saturated heterocycles. The Hall–Kier alpha value is -3.36. The molecule has 1 atom stereocenters. The summed E-state index contributed by atoms with van der Waals surface area (Å²) in [7, 11) is 1.54. The van der Waals surface area contributed by atoms with Crippen molar-refractivity contribution in [1.82, 2.24) is 4.40 Å². The summed E-state index contributed by atoms with van der Waals surface area (Å²) in [5.74, 6) is -0.963. The number of nitrogens with one attached hydrogen (secondary N) is 1. The molecule has 8 heteroatoms. The average Bonchev–Trinajstić information content (AvgIpc) is 3.02. The van der Waals surface area contributed by atoms with Crippen molar-refractivity contribution in [3.63, 3.8) is 0 Å². The van der Waals surface area contributed by atoms with Crippen LogP contribution < -0.4 is 10.1 Å².